The van der Waals surface area contributed by atoms with Gasteiger partial charge >= 0.3 is 0 Å². The first-order valence-electron chi connectivity index (χ1n) is 5.54. The van der Waals surface area contributed by atoms with Gasteiger partial charge in [-0.3, -0.25) is 0 Å². The summed E-state index contributed by atoms with van der Waals surface area (Å²) in [6, 6.07) is 0. The fourth-order valence-corrected chi connectivity index (χ4v) is 0. The van der Waals surface area contributed by atoms with E-state index < -0.39 is 0 Å². The van der Waals surface area contributed by atoms with Crippen LogP contribution in [0.2, 0.25) is 0 Å². The zero-order valence-electron chi connectivity index (χ0n) is 11.4. The fourth-order valence-electron chi connectivity index (χ4n) is 0. The molecule has 0 aromatic heterocycles. The van der Waals surface area contributed by atoms with Crippen LogP contribution in [0.15, 0.2) is 30.5 Å². The smallest absolute Gasteiger partial charge is 0.0393 e. The third kappa shape index (κ3) is 747. The first kappa shape index (κ1) is 23.2. The molecule has 0 unspecified atom stereocenters. The predicted octanol–water partition coefficient (Wildman–Crippen LogP) is 5.76. The summed E-state index contributed by atoms with van der Waals surface area (Å²) in [6.07, 6.45) is 8.26. The molecule has 0 aliphatic carbocycles. The van der Waals surface area contributed by atoms with E-state index in [0.29, 0.717) is 0 Å². The van der Waals surface area contributed by atoms with E-state index in [0.717, 1.165) is 0 Å². The summed E-state index contributed by atoms with van der Waals surface area (Å²) >= 11 is 0. The molecule has 0 nitrogen and oxygen atoms in total. The molecule has 0 heterocycles. The highest BCUT2D eigenvalue weighted by Crippen LogP contribution is 1.57. The van der Waals surface area contributed by atoms with Gasteiger partial charge in [-0.05, 0) is 26.8 Å². The van der Waals surface area contributed by atoms with Gasteiger partial charge in [0.25, 0.3) is 0 Å². The van der Waals surface area contributed by atoms with E-state index in [1.54, 1.807) is 6.08 Å². The zero-order valence-corrected chi connectivity index (χ0v) is 11.4. The minimum atomic E-state index is 1.25. The van der Waals surface area contributed by atoms with Gasteiger partial charge in [-0.2, -0.15) is 0 Å². The van der Waals surface area contributed by atoms with E-state index >= 15 is 0 Å². The molecule has 0 radical (unpaired) electrons. The average Bonchev–Trinajstić information content (AvgIpc) is 2.20. The Labute approximate surface area is 92.4 Å². The fraction of sp³-hybridized carbons (Fsp3) is 0.643. The van der Waals surface area contributed by atoms with Crippen molar-refractivity contribution < 1.29 is 0 Å². The summed E-state index contributed by atoms with van der Waals surface area (Å²) in [5.74, 6) is 0. The number of rotatable bonds is 0. The van der Waals surface area contributed by atoms with Crippen molar-refractivity contribution in [3.8, 4) is 0 Å². The largest absolute Gasteiger partial charge is 0.133 e. The molecular weight excluding hydrogens is 168 g/mol. The quantitative estimate of drug-likeness (QED) is 0.343. The SMILES string of the molecule is C/C=C/C.C=C=CC.CCC.CCC. The molecule has 0 saturated carbocycles. The monoisotopic (exact) mass is 198 g/mol. The van der Waals surface area contributed by atoms with Crippen LogP contribution in [0.1, 0.15) is 61.3 Å². The Balaban J connectivity index is -0.0000000482. The van der Waals surface area contributed by atoms with Gasteiger partial charge in [-0.15, -0.1) is 5.73 Å². The summed E-state index contributed by atoms with van der Waals surface area (Å²) in [7, 11) is 0. The van der Waals surface area contributed by atoms with E-state index in [2.05, 4.69) is 40.0 Å². The summed E-state index contributed by atoms with van der Waals surface area (Å²) in [6.45, 7) is 17.7. The molecule has 0 atom stereocenters. The maximum atomic E-state index is 3.30. The zero-order chi connectivity index (χ0) is 12.2. The molecule has 0 rings (SSSR count). The van der Waals surface area contributed by atoms with Gasteiger partial charge in [0.2, 0.25) is 0 Å². The highest BCUT2D eigenvalue weighted by molar-refractivity contribution is 4.68. The second-order valence-electron chi connectivity index (χ2n) is 2.57. The Hall–Kier alpha value is -0.740. The van der Waals surface area contributed by atoms with Crippen LogP contribution in [-0.4, -0.2) is 0 Å². The molecule has 86 valence electrons. The van der Waals surface area contributed by atoms with Crippen LogP contribution >= 0.6 is 0 Å². The first-order chi connectivity index (χ1) is 6.66. The van der Waals surface area contributed by atoms with Gasteiger partial charge in [0.1, 0.15) is 0 Å². The Kier molecular flexibility index (Phi) is 93.3. The Morgan fingerprint density at radius 1 is 0.857 bits per heavy atom. The van der Waals surface area contributed by atoms with Crippen LogP contribution < -0.4 is 0 Å². The van der Waals surface area contributed by atoms with E-state index in [9.17, 15) is 0 Å². The maximum absolute atomic E-state index is 3.30. The van der Waals surface area contributed by atoms with Crippen molar-refractivity contribution in [2.75, 3.05) is 0 Å². The standard InChI is InChI=1S/C4H8.C4H6.2C3H8/c2*1-3-4-2;2*1-3-2/h3-4H,1-2H3;4H,1H2,2H3;2*3H2,1-2H3/b4-3+;;;. The van der Waals surface area contributed by atoms with Gasteiger partial charge < -0.3 is 0 Å². The van der Waals surface area contributed by atoms with Gasteiger partial charge in [0.05, 0.1) is 0 Å². The van der Waals surface area contributed by atoms with Crippen molar-refractivity contribution in [2.45, 2.75) is 61.3 Å². The van der Waals surface area contributed by atoms with Crippen LogP contribution in [0.5, 0.6) is 0 Å². The van der Waals surface area contributed by atoms with Crippen molar-refractivity contribution >= 4 is 0 Å². The Bertz CT molecular complexity index is 97.2. The molecule has 0 aliphatic rings. The second-order valence-corrected chi connectivity index (χ2v) is 2.57. The molecule has 0 amide bonds. The maximum Gasteiger partial charge on any atom is -0.0393 e. The average molecular weight is 198 g/mol. The normalized spacial score (nSPS) is 6.50. The Morgan fingerprint density at radius 2 is 1.00 bits per heavy atom. The molecule has 0 aromatic carbocycles. The molecule has 0 heteroatoms. The van der Waals surface area contributed by atoms with Crippen LogP contribution in [0.3, 0.4) is 0 Å². The number of allylic oxidation sites excluding steroid dienone is 3. The van der Waals surface area contributed by atoms with Crippen molar-refractivity contribution in [1.82, 2.24) is 0 Å². The van der Waals surface area contributed by atoms with E-state index in [-0.39, 0.29) is 0 Å². The summed E-state index contributed by atoms with van der Waals surface area (Å²) in [5.41, 5.74) is 2.56. The Morgan fingerprint density at radius 3 is 1.00 bits per heavy atom. The van der Waals surface area contributed by atoms with Crippen LogP contribution in [-0.2, 0) is 0 Å². The highest BCUT2D eigenvalue weighted by atomic mass is 13.4. The van der Waals surface area contributed by atoms with Gasteiger partial charge in [0.15, 0.2) is 0 Å². The molecule has 0 aromatic rings. The molecule has 14 heavy (non-hydrogen) atoms. The van der Waals surface area contributed by atoms with Crippen LogP contribution in [0.4, 0.5) is 0 Å². The summed E-state index contributed by atoms with van der Waals surface area (Å²) in [5, 5.41) is 0. The molecule has 0 bridgehead atoms. The number of hydrogen-bond donors (Lipinski definition) is 0. The van der Waals surface area contributed by atoms with Crippen molar-refractivity contribution in [2.24, 2.45) is 0 Å². The molecule has 0 spiro atoms. The lowest BCUT2D eigenvalue weighted by Gasteiger charge is -1.49. The molecular formula is C14H30. The lowest BCUT2D eigenvalue weighted by Crippen LogP contribution is -1.27. The van der Waals surface area contributed by atoms with E-state index in [1.165, 1.54) is 12.8 Å². The second kappa shape index (κ2) is 56.2. The molecule has 0 aliphatic heterocycles. The third-order valence-corrected chi connectivity index (χ3v) is 0.537. The minimum absolute atomic E-state index is 1.25. The lowest BCUT2D eigenvalue weighted by molar-refractivity contribution is 1.09. The first-order valence-corrected chi connectivity index (χ1v) is 5.54. The molecule has 0 saturated heterocycles. The van der Waals surface area contributed by atoms with E-state index in [4.69, 9.17) is 0 Å². The van der Waals surface area contributed by atoms with Crippen LogP contribution in [0, 0.1) is 0 Å². The third-order valence-electron chi connectivity index (χ3n) is 0.537. The number of hydrogen-bond acceptors (Lipinski definition) is 0. The summed E-state index contributed by atoms with van der Waals surface area (Å²) in [4.78, 5) is 0. The molecule has 0 fully saturated rings. The van der Waals surface area contributed by atoms with Crippen molar-refractivity contribution in [1.29, 1.82) is 0 Å². The van der Waals surface area contributed by atoms with Gasteiger partial charge in [-0.1, -0.05) is 59.3 Å². The van der Waals surface area contributed by atoms with Crippen molar-refractivity contribution in [3.05, 3.63) is 30.5 Å². The topological polar surface area (TPSA) is 0 Å². The highest BCUT2D eigenvalue weighted by Gasteiger charge is 1.36. The molecule has 0 N–H and O–H groups in total. The summed E-state index contributed by atoms with van der Waals surface area (Å²) < 4.78 is 0. The van der Waals surface area contributed by atoms with Gasteiger partial charge in [-0.25, -0.2) is 0 Å². The van der Waals surface area contributed by atoms with Crippen LogP contribution in [0.25, 0.3) is 0 Å². The van der Waals surface area contributed by atoms with E-state index in [1.807, 2.05) is 32.9 Å². The van der Waals surface area contributed by atoms with Gasteiger partial charge in [0, 0.05) is 0 Å². The van der Waals surface area contributed by atoms with Crippen molar-refractivity contribution in [3.63, 3.8) is 0 Å². The minimum Gasteiger partial charge on any atom is -0.133 e. The predicted molar refractivity (Wildman–Crippen MR) is 71.8 cm³/mol. The lowest BCUT2D eigenvalue weighted by atomic mass is 10.6.